The van der Waals surface area contributed by atoms with Crippen LogP contribution < -0.4 is 20.4 Å². The monoisotopic (exact) mass is 570 g/mol. The van der Waals surface area contributed by atoms with E-state index in [9.17, 15) is 14.0 Å². The van der Waals surface area contributed by atoms with Gasteiger partial charge in [0.25, 0.3) is 5.91 Å². The van der Waals surface area contributed by atoms with E-state index in [1.165, 1.54) is 23.5 Å². The molecule has 40 heavy (non-hydrogen) atoms. The smallest absolute Gasteiger partial charge is 0.407 e. The van der Waals surface area contributed by atoms with Crippen LogP contribution in [0.1, 0.15) is 44.0 Å². The lowest BCUT2D eigenvalue weighted by atomic mass is 9.96. The number of fused-ring (bicyclic) bond motifs is 1. The fourth-order valence-electron chi connectivity index (χ4n) is 4.79. The number of anilines is 3. The Hall–Kier alpha value is -3.51. The molecule has 2 aliphatic heterocycles. The molecule has 2 amide bonds. The van der Waals surface area contributed by atoms with Gasteiger partial charge in [0.15, 0.2) is 10.8 Å². The Morgan fingerprint density at radius 3 is 2.58 bits per heavy atom. The van der Waals surface area contributed by atoms with Crippen LogP contribution in [0.4, 0.5) is 25.7 Å². The van der Waals surface area contributed by atoms with E-state index in [2.05, 4.69) is 30.4 Å². The maximum Gasteiger partial charge on any atom is 0.407 e. The van der Waals surface area contributed by atoms with Crippen molar-refractivity contribution in [1.29, 1.82) is 0 Å². The zero-order chi connectivity index (χ0) is 28.3. The number of morpholine rings is 1. The van der Waals surface area contributed by atoms with Crippen LogP contribution in [0.25, 0.3) is 10.3 Å². The number of hydrogen-bond acceptors (Lipinski definition) is 9. The minimum atomic E-state index is -0.536. The number of thiazole rings is 1. The second kappa shape index (κ2) is 11.9. The SMILES string of the molecule is CC(C)(C)OC(=O)NCC1CCN(c2cc(F)cc(C(=O)Nc3cnc4nc(N5CCOCC5)sc4c3)c2)CC1. The van der Waals surface area contributed by atoms with Crippen LogP contribution in [0.15, 0.2) is 30.5 Å². The Balaban J connectivity index is 1.19. The summed E-state index contributed by atoms with van der Waals surface area (Å²) in [5.74, 6) is -0.572. The molecule has 2 fully saturated rings. The molecule has 0 spiro atoms. The van der Waals surface area contributed by atoms with E-state index in [1.54, 1.807) is 12.3 Å². The summed E-state index contributed by atoms with van der Waals surface area (Å²) in [5, 5.41) is 6.58. The van der Waals surface area contributed by atoms with Crippen LogP contribution >= 0.6 is 11.3 Å². The fraction of sp³-hybridized carbons (Fsp3) is 0.500. The maximum absolute atomic E-state index is 14.6. The molecule has 0 unspecified atom stereocenters. The standard InChI is InChI=1S/C28H35FN6O4S/c1-28(2,3)39-27(37)31-16-18-4-6-34(7-5-18)22-13-19(12-20(29)14-22)25(36)32-21-15-23-24(30-17-21)33-26(40-23)35-8-10-38-11-9-35/h12-15,17-18H,4-11,16H2,1-3H3,(H,31,37)(H,32,36). The molecular formula is C28H35FN6O4S. The molecule has 5 rings (SSSR count). The lowest BCUT2D eigenvalue weighted by Gasteiger charge is -2.34. The quantitative estimate of drug-likeness (QED) is 0.441. The molecule has 0 radical (unpaired) electrons. The molecule has 0 atom stereocenters. The first kappa shape index (κ1) is 28.0. The molecular weight excluding hydrogens is 535 g/mol. The maximum atomic E-state index is 14.6. The van der Waals surface area contributed by atoms with E-state index in [0.29, 0.717) is 55.8 Å². The Morgan fingerprint density at radius 1 is 1.10 bits per heavy atom. The van der Waals surface area contributed by atoms with Crippen molar-refractivity contribution < 1.29 is 23.5 Å². The lowest BCUT2D eigenvalue weighted by Crippen LogP contribution is -2.40. The van der Waals surface area contributed by atoms with Gasteiger partial charge in [-0.05, 0) is 63.8 Å². The van der Waals surface area contributed by atoms with Gasteiger partial charge in [0, 0.05) is 44.0 Å². The zero-order valence-electron chi connectivity index (χ0n) is 23.0. The number of alkyl carbamates (subject to hydrolysis) is 1. The molecule has 214 valence electrons. The van der Waals surface area contributed by atoms with Crippen molar-refractivity contribution in [3.05, 3.63) is 41.8 Å². The average Bonchev–Trinajstić information content (AvgIpc) is 3.35. The minimum absolute atomic E-state index is 0.238. The van der Waals surface area contributed by atoms with Gasteiger partial charge < -0.3 is 29.9 Å². The highest BCUT2D eigenvalue weighted by Crippen LogP contribution is 2.30. The van der Waals surface area contributed by atoms with Crippen LogP contribution in [0.3, 0.4) is 0 Å². The number of nitrogens with one attached hydrogen (secondary N) is 2. The van der Waals surface area contributed by atoms with Crippen LogP contribution in [0.5, 0.6) is 0 Å². The van der Waals surface area contributed by atoms with Crippen molar-refractivity contribution in [3.63, 3.8) is 0 Å². The van der Waals surface area contributed by atoms with E-state index in [1.807, 2.05) is 26.8 Å². The van der Waals surface area contributed by atoms with Gasteiger partial charge in [-0.3, -0.25) is 4.79 Å². The Labute approximate surface area is 236 Å². The van der Waals surface area contributed by atoms with Crippen molar-refractivity contribution in [2.75, 3.05) is 61.1 Å². The van der Waals surface area contributed by atoms with Gasteiger partial charge in [-0.25, -0.2) is 14.2 Å². The van der Waals surface area contributed by atoms with Gasteiger partial charge in [-0.15, -0.1) is 0 Å². The highest BCUT2D eigenvalue weighted by Gasteiger charge is 2.23. The zero-order valence-corrected chi connectivity index (χ0v) is 23.9. The summed E-state index contributed by atoms with van der Waals surface area (Å²) in [5.41, 5.74) is 1.52. The number of aromatic nitrogens is 2. The lowest BCUT2D eigenvalue weighted by molar-refractivity contribution is 0.0516. The molecule has 0 saturated carbocycles. The number of pyridine rings is 1. The summed E-state index contributed by atoms with van der Waals surface area (Å²) in [6.07, 6.45) is 2.82. The third kappa shape index (κ3) is 7.16. The summed E-state index contributed by atoms with van der Waals surface area (Å²) in [6, 6.07) is 6.25. The van der Waals surface area contributed by atoms with Gasteiger partial charge in [-0.1, -0.05) is 11.3 Å². The minimum Gasteiger partial charge on any atom is -0.444 e. The molecule has 3 aromatic rings. The molecule has 4 heterocycles. The normalized spacial score (nSPS) is 16.7. The van der Waals surface area contributed by atoms with Gasteiger partial charge in [0.05, 0.1) is 29.8 Å². The highest BCUT2D eigenvalue weighted by atomic mass is 32.1. The van der Waals surface area contributed by atoms with E-state index in [-0.39, 0.29) is 5.56 Å². The van der Waals surface area contributed by atoms with Gasteiger partial charge >= 0.3 is 6.09 Å². The molecule has 0 bridgehead atoms. The number of rotatable bonds is 6. The predicted molar refractivity (Wildman–Crippen MR) is 154 cm³/mol. The number of carbonyl (C=O) groups excluding carboxylic acids is 2. The first-order valence-corrected chi connectivity index (χ1v) is 14.4. The highest BCUT2D eigenvalue weighted by molar-refractivity contribution is 7.22. The number of halogens is 1. The van der Waals surface area contributed by atoms with E-state index < -0.39 is 23.4 Å². The Kier molecular flexibility index (Phi) is 8.36. The van der Waals surface area contributed by atoms with Crippen LogP contribution in [0, 0.1) is 11.7 Å². The summed E-state index contributed by atoms with van der Waals surface area (Å²) >= 11 is 1.52. The number of amides is 2. The summed E-state index contributed by atoms with van der Waals surface area (Å²) < 4.78 is 26.2. The number of piperidine rings is 1. The molecule has 0 aliphatic carbocycles. The van der Waals surface area contributed by atoms with Crippen molar-refractivity contribution in [3.8, 4) is 0 Å². The number of carbonyl (C=O) groups is 2. The third-order valence-electron chi connectivity index (χ3n) is 6.83. The summed E-state index contributed by atoms with van der Waals surface area (Å²) in [4.78, 5) is 38.3. The topological polar surface area (TPSA) is 109 Å². The average molecular weight is 571 g/mol. The predicted octanol–water partition coefficient (Wildman–Crippen LogP) is 4.66. The molecule has 12 heteroatoms. The number of ether oxygens (including phenoxy) is 2. The van der Waals surface area contributed by atoms with E-state index in [4.69, 9.17) is 9.47 Å². The Morgan fingerprint density at radius 2 is 1.85 bits per heavy atom. The molecule has 2 aliphatic rings. The third-order valence-corrected chi connectivity index (χ3v) is 7.89. The van der Waals surface area contributed by atoms with E-state index in [0.717, 1.165) is 35.8 Å². The molecule has 2 N–H and O–H groups in total. The second-order valence-corrected chi connectivity index (χ2v) is 12.1. The summed E-state index contributed by atoms with van der Waals surface area (Å²) in [7, 11) is 0. The molecule has 10 nitrogen and oxygen atoms in total. The molecule has 1 aromatic carbocycles. The first-order chi connectivity index (χ1) is 19.1. The largest absolute Gasteiger partial charge is 0.444 e. The number of benzene rings is 1. The van der Waals surface area contributed by atoms with Crippen LogP contribution in [-0.4, -0.2) is 73.5 Å². The summed E-state index contributed by atoms with van der Waals surface area (Å²) in [6.45, 7) is 10.3. The molecule has 2 saturated heterocycles. The first-order valence-electron chi connectivity index (χ1n) is 13.6. The van der Waals surface area contributed by atoms with Gasteiger partial charge in [0.1, 0.15) is 11.4 Å². The number of nitrogens with zero attached hydrogens (tertiary/aromatic N) is 4. The van der Waals surface area contributed by atoms with Crippen molar-refractivity contribution in [2.45, 2.75) is 39.2 Å². The Bertz CT molecular complexity index is 1360. The van der Waals surface area contributed by atoms with Crippen LogP contribution in [-0.2, 0) is 9.47 Å². The van der Waals surface area contributed by atoms with Crippen molar-refractivity contribution in [2.24, 2.45) is 5.92 Å². The fourth-order valence-corrected chi connectivity index (χ4v) is 5.81. The van der Waals surface area contributed by atoms with Crippen LogP contribution in [0.2, 0.25) is 0 Å². The molecule has 2 aromatic heterocycles. The van der Waals surface area contributed by atoms with Crippen molar-refractivity contribution >= 4 is 50.2 Å². The van der Waals surface area contributed by atoms with Gasteiger partial charge in [-0.2, -0.15) is 4.98 Å². The van der Waals surface area contributed by atoms with Gasteiger partial charge in [0.2, 0.25) is 0 Å². The number of hydrogen-bond donors (Lipinski definition) is 2. The second-order valence-electron chi connectivity index (χ2n) is 11.1. The van der Waals surface area contributed by atoms with E-state index >= 15 is 0 Å². The van der Waals surface area contributed by atoms with Crippen molar-refractivity contribution in [1.82, 2.24) is 15.3 Å².